The van der Waals surface area contributed by atoms with Crippen LogP contribution in [0.1, 0.15) is 43.9 Å². The van der Waals surface area contributed by atoms with Crippen molar-refractivity contribution in [2.75, 3.05) is 11.9 Å². The van der Waals surface area contributed by atoms with Crippen LogP contribution in [0.15, 0.2) is 35.5 Å². The summed E-state index contributed by atoms with van der Waals surface area (Å²) in [5.41, 5.74) is -0.352. The highest BCUT2D eigenvalue weighted by atomic mass is 32.2. The Morgan fingerprint density at radius 3 is 2.35 bits per heavy atom. The van der Waals surface area contributed by atoms with E-state index in [9.17, 15) is 17.6 Å². The van der Waals surface area contributed by atoms with Crippen LogP contribution in [0, 0.1) is 5.82 Å². The maximum absolute atomic E-state index is 14.0. The molecule has 0 unspecified atom stereocenters. The number of carbonyl (C=O) groups excluding carboxylic acids is 1. The van der Waals surface area contributed by atoms with Crippen LogP contribution in [0.25, 0.3) is 0 Å². The molecule has 1 aromatic heterocycles. The Kier molecular flexibility index (Phi) is 5.72. The molecule has 9 heteroatoms. The molecule has 26 heavy (non-hydrogen) atoms. The summed E-state index contributed by atoms with van der Waals surface area (Å²) in [6, 6.07) is 3.04. The topological polar surface area (TPSA) is 101 Å². The number of benzene rings is 1. The summed E-state index contributed by atoms with van der Waals surface area (Å²) in [5.74, 6) is -1.02. The summed E-state index contributed by atoms with van der Waals surface area (Å²) < 4.78 is 40.3. The molecule has 1 heterocycles. The van der Waals surface area contributed by atoms with Gasteiger partial charge in [-0.25, -0.2) is 27.5 Å². The standard InChI is InChI=1S/C17H21FN4O3S/c1-5-21-26(24,25)12-6-7-14(18)13(8-12)15(23)22-11-9-19-16(20-10-11)17(2,3)4/h6-10,21H,5H2,1-4H3,(H,22,23). The van der Waals surface area contributed by atoms with E-state index in [-0.39, 0.29) is 28.1 Å². The summed E-state index contributed by atoms with van der Waals surface area (Å²) in [4.78, 5) is 20.5. The van der Waals surface area contributed by atoms with Crippen LogP contribution in [0.4, 0.5) is 10.1 Å². The number of anilines is 1. The number of rotatable bonds is 5. The predicted octanol–water partition coefficient (Wildman–Crippen LogP) is 2.46. The lowest BCUT2D eigenvalue weighted by molar-refractivity contribution is 0.102. The van der Waals surface area contributed by atoms with E-state index in [1.54, 1.807) is 6.92 Å². The van der Waals surface area contributed by atoms with E-state index in [0.717, 1.165) is 18.2 Å². The zero-order valence-corrected chi connectivity index (χ0v) is 15.8. The van der Waals surface area contributed by atoms with Gasteiger partial charge < -0.3 is 5.32 Å². The van der Waals surface area contributed by atoms with Crippen molar-refractivity contribution in [3.63, 3.8) is 0 Å². The zero-order valence-electron chi connectivity index (χ0n) is 15.0. The van der Waals surface area contributed by atoms with Gasteiger partial charge in [0.25, 0.3) is 5.91 Å². The van der Waals surface area contributed by atoms with Gasteiger partial charge in [0.2, 0.25) is 10.0 Å². The molecule has 0 aliphatic heterocycles. The SMILES string of the molecule is CCNS(=O)(=O)c1ccc(F)c(C(=O)Nc2cnc(C(C)(C)C)nc2)c1. The third kappa shape index (κ3) is 4.61. The Bertz CT molecular complexity index is 907. The number of halogens is 1. The third-order valence-corrected chi connectivity index (χ3v) is 4.95. The zero-order chi connectivity index (χ0) is 19.5. The van der Waals surface area contributed by atoms with Crippen LogP contribution in [0.2, 0.25) is 0 Å². The van der Waals surface area contributed by atoms with E-state index in [0.29, 0.717) is 5.82 Å². The Morgan fingerprint density at radius 1 is 1.19 bits per heavy atom. The van der Waals surface area contributed by atoms with Gasteiger partial charge in [0.1, 0.15) is 11.6 Å². The molecule has 2 aromatic rings. The molecular formula is C17H21FN4O3S. The molecule has 0 saturated carbocycles. The van der Waals surface area contributed by atoms with Crippen molar-refractivity contribution in [3.8, 4) is 0 Å². The van der Waals surface area contributed by atoms with Gasteiger partial charge in [-0.15, -0.1) is 0 Å². The number of amides is 1. The molecule has 0 fully saturated rings. The van der Waals surface area contributed by atoms with Gasteiger partial charge >= 0.3 is 0 Å². The van der Waals surface area contributed by atoms with Gasteiger partial charge in [-0.2, -0.15) is 0 Å². The van der Waals surface area contributed by atoms with Crippen molar-refractivity contribution >= 4 is 21.6 Å². The molecule has 2 rings (SSSR count). The lowest BCUT2D eigenvalue weighted by Crippen LogP contribution is -2.24. The van der Waals surface area contributed by atoms with E-state index >= 15 is 0 Å². The second kappa shape index (κ2) is 7.46. The number of carbonyl (C=O) groups is 1. The summed E-state index contributed by atoms with van der Waals surface area (Å²) in [6.45, 7) is 7.65. The number of hydrogen-bond donors (Lipinski definition) is 2. The molecule has 0 radical (unpaired) electrons. The quantitative estimate of drug-likeness (QED) is 0.830. The fourth-order valence-electron chi connectivity index (χ4n) is 2.10. The maximum Gasteiger partial charge on any atom is 0.258 e. The van der Waals surface area contributed by atoms with Crippen LogP contribution in [-0.4, -0.2) is 30.8 Å². The fourth-order valence-corrected chi connectivity index (χ4v) is 3.16. The maximum atomic E-state index is 14.0. The molecule has 1 aromatic carbocycles. The normalized spacial score (nSPS) is 12.0. The van der Waals surface area contributed by atoms with Crippen molar-refractivity contribution in [2.24, 2.45) is 0 Å². The minimum Gasteiger partial charge on any atom is -0.319 e. The Hall–Kier alpha value is -2.39. The molecule has 0 atom stereocenters. The van der Waals surface area contributed by atoms with Crippen molar-refractivity contribution in [2.45, 2.75) is 38.0 Å². The fraction of sp³-hybridized carbons (Fsp3) is 0.353. The van der Waals surface area contributed by atoms with E-state index in [2.05, 4.69) is 20.0 Å². The minimum atomic E-state index is -3.80. The first kappa shape index (κ1) is 19.9. The first-order valence-electron chi connectivity index (χ1n) is 7.97. The highest BCUT2D eigenvalue weighted by Crippen LogP contribution is 2.19. The molecule has 0 bridgehead atoms. The lowest BCUT2D eigenvalue weighted by Gasteiger charge is -2.16. The van der Waals surface area contributed by atoms with Crippen LogP contribution < -0.4 is 10.0 Å². The molecule has 0 saturated heterocycles. The first-order chi connectivity index (χ1) is 12.0. The molecule has 1 amide bonds. The average Bonchev–Trinajstić information content (AvgIpc) is 2.54. The van der Waals surface area contributed by atoms with Gasteiger partial charge in [-0.3, -0.25) is 4.79 Å². The van der Waals surface area contributed by atoms with Crippen molar-refractivity contribution < 1.29 is 17.6 Å². The molecular weight excluding hydrogens is 359 g/mol. The van der Waals surface area contributed by atoms with Gasteiger partial charge in [0, 0.05) is 12.0 Å². The summed E-state index contributed by atoms with van der Waals surface area (Å²) in [6.07, 6.45) is 2.84. The molecule has 140 valence electrons. The van der Waals surface area contributed by atoms with Crippen LogP contribution in [-0.2, 0) is 15.4 Å². The Balaban J connectivity index is 2.27. The van der Waals surface area contributed by atoms with Crippen LogP contribution >= 0.6 is 0 Å². The average molecular weight is 380 g/mol. The van der Waals surface area contributed by atoms with E-state index in [1.165, 1.54) is 12.4 Å². The summed E-state index contributed by atoms with van der Waals surface area (Å²) in [7, 11) is -3.80. The third-order valence-electron chi connectivity index (χ3n) is 3.41. The molecule has 7 nitrogen and oxygen atoms in total. The van der Waals surface area contributed by atoms with E-state index in [1.807, 2.05) is 20.8 Å². The second-order valence-electron chi connectivity index (χ2n) is 6.64. The van der Waals surface area contributed by atoms with Crippen LogP contribution in [0.3, 0.4) is 0 Å². The Morgan fingerprint density at radius 2 is 1.81 bits per heavy atom. The van der Waals surface area contributed by atoms with Crippen molar-refractivity contribution in [1.82, 2.24) is 14.7 Å². The van der Waals surface area contributed by atoms with E-state index < -0.39 is 21.7 Å². The second-order valence-corrected chi connectivity index (χ2v) is 8.41. The number of nitrogens with zero attached hydrogens (tertiary/aromatic N) is 2. The number of aromatic nitrogens is 2. The molecule has 0 spiro atoms. The van der Waals surface area contributed by atoms with Gasteiger partial charge in [0.05, 0.1) is 28.5 Å². The van der Waals surface area contributed by atoms with E-state index in [4.69, 9.17) is 0 Å². The highest BCUT2D eigenvalue weighted by molar-refractivity contribution is 7.89. The monoisotopic (exact) mass is 380 g/mol. The largest absolute Gasteiger partial charge is 0.319 e. The van der Waals surface area contributed by atoms with Crippen molar-refractivity contribution in [3.05, 3.63) is 47.8 Å². The number of hydrogen-bond acceptors (Lipinski definition) is 5. The highest BCUT2D eigenvalue weighted by Gasteiger charge is 2.20. The molecule has 0 aliphatic carbocycles. The van der Waals surface area contributed by atoms with Gasteiger partial charge in [-0.05, 0) is 18.2 Å². The summed E-state index contributed by atoms with van der Waals surface area (Å²) >= 11 is 0. The Labute approximate surface area is 152 Å². The minimum absolute atomic E-state index is 0.179. The summed E-state index contributed by atoms with van der Waals surface area (Å²) in [5, 5.41) is 2.47. The van der Waals surface area contributed by atoms with Crippen molar-refractivity contribution in [1.29, 1.82) is 0 Å². The van der Waals surface area contributed by atoms with Crippen LogP contribution in [0.5, 0.6) is 0 Å². The van der Waals surface area contributed by atoms with Gasteiger partial charge in [-0.1, -0.05) is 27.7 Å². The van der Waals surface area contributed by atoms with Gasteiger partial charge in [0.15, 0.2) is 0 Å². The first-order valence-corrected chi connectivity index (χ1v) is 9.46. The molecule has 0 aliphatic rings. The molecule has 2 N–H and O–H groups in total. The predicted molar refractivity (Wildman–Crippen MR) is 95.9 cm³/mol. The number of nitrogens with one attached hydrogen (secondary N) is 2. The smallest absolute Gasteiger partial charge is 0.258 e. The number of sulfonamides is 1. The lowest BCUT2D eigenvalue weighted by atomic mass is 9.96.